The van der Waals surface area contributed by atoms with Gasteiger partial charge in [0.2, 0.25) is 0 Å². The Kier molecular flexibility index (Phi) is 3.72. The van der Waals surface area contributed by atoms with Crippen LogP contribution in [0, 0.1) is 11.3 Å². The molecule has 2 nitrogen and oxygen atoms in total. The predicted molar refractivity (Wildman–Crippen MR) is 80.5 cm³/mol. The summed E-state index contributed by atoms with van der Waals surface area (Å²) in [7, 11) is 0. The molecule has 1 atom stereocenters. The molecular formula is C18H21NO. The zero-order valence-electron chi connectivity index (χ0n) is 12.6. The van der Waals surface area contributed by atoms with E-state index in [1.165, 1.54) is 5.56 Å². The first-order valence-corrected chi connectivity index (χ1v) is 6.90. The van der Waals surface area contributed by atoms with Crippen LogP contribution in [0.5, 0.6) is 0 Å². The van der Waals surface area contributed by atoms with Crippen LogP contribution in [0.4, 0.5) is 0 Å². The lowest BCUT2D eigenvalue weighted by molar-refractivity contribution is 0.462. The van der Waals surface area contributed by atoms with Crippen LogP contribution in [0.15, 0.2) is 47.1 Å². The second kappa shape index (κ2) is 5.17. The van der Waals surface area contributed by atoms with Gasteiger partial charge in [0.1, 0.15) is 5.76 Å². The SMILES string of the molecule is CC(C)(C)c1ccc(C(C)(C#N)Cc2ccco2)cc1. The molecule has 0 aliphatic heterocycles. The van der Waals surface area contributed by atoms with E-state index in [2.05, 4.69) is 51.1 Å². The topological polar surface area (TPSA) is 36.9 Å². The Hall–Kier alpha value is -2.01. The summed E-state index contributed by atoms with van der Waals surface area (Å²) >= 11 is 0. The Morgan fingerprint density at radius 3 is 2.05 bits per heavy atom. The van der Waals surface area contributed by atoms with Gasteiger partial charge < -0.3 is 4.42 Å². The van der Waals surface area contributed by atoms with Crippen LogP contribution in [0.1, 0.15) is 44.6 Å². The van der Waals surface area contributed by atoms with E-state index in [1.807, 2.05) is 19.1 Å². The van der Waals surface area contributed by atoms with Gasteiger partial charge in [0.15, 0.2) is 0 Å². The lowest BCUT2D eigenvalue weighted by atomic mass is 9.78. The molecule has 1 unspecified atom stereocenters. The van der Waals surface area contributed by atoms with Gasteiger partial charge in [-0.2, -0.15) is 5.26 Å². The molecule has 0 bridgehead atoms. The number of rotatable bonds is 3. The van der Waals surface area contributed by atoms with Crippen LogP contribution in [-0.2, 0) is 17.3 Å². The Labute approximate surface area is 121 Å². The Morgan fingerprint density at radius 1 is 1.00 bits per heavy atom. The van der Waals surface area contributed by atoms with Gasteiger partial charge in [-0.25, -0.2) is 0 Å². The van der Waals surface area contributed by atoms with E-state index in [1.54, 1.807) is 6.26 Å². The summed E-state index contributed by atoms with van der Waals surface area (Å²) in [6.45, 7) is 8.53. The first kappa shape index (κ1) is 14.4. The predicted octanol–water partition coefficient (Wildman–Crippen LogP) is 4.60. The van der Waals surface area contributed by atoms with Gasteiger partial charge in [-0.05, 0) is 35.6 Å². The molecule has 0 N–H and O–H groups in total. The number of furan rings is 1. The van der Waals surface area contributed by atoms with Crippen LogP contribution in [0.2, 0.25) is 0 Å². The third kappa shape index (κ3) is 2.93. The molecule has 2 rings (SSSR count). The van der Waals surface area contributed by atoms with Gasteiger partial charge in [-0.15, -0.1) is 0 Å². The van der Waals surface area contributed by atoms with Gasteiger partial charge >= 0.3 is 0 Å². The molecular weight excluding hydrogens is 246 g/mol. The Balaban J connectivity index is 2.30. The standard InChI is InChI=1S/C18H21NO/c1-17(2,3)14-7-9-15(10-8-14)18(4,13-19)12-16-6-5-11-20-16/h5-11H,12H2,1-4H3. The summed E-state index contributed by atoms with van der Waals surface area (Å²) in [5.74, 6) is 0.842. The number of hydrogen-bond acceptors (Lipinski definition) is 2. The third-order valence-electron chi connectivity index (χ3n) is 3.74. The number of hydrogen-bond donors (Lipinski definition) is 0. The molecule has 1 aromatic carbocycles. The molecule has 104 valence electrons. The summed E-state index contributed by atoms with van der Waals surface area (Å²) in [5.41, 5.74) is 1.88. The average Bonchev–Trinajstić information content (AvgIpc) is 2.90. The molecule has 0 saturated carbocycles. The van der Waals surface area contributed by atoms with Crippen LogP contribution >= 0.6 is 0 Å². The summed E-state index contributed by atoms with van der Waals surface area (Å²) in [5, 5.41) is 9.58. The minimum Gasteiger partial charge on any atom is -0.469 e. The summed E-state index contributed by atoms with van der Waals surface area (Å²) in [6.07, 6.45) is 2.24. The van der Waals surface area contributed by atoms with E-state index in [0.717, 1.165) is 11.3 Å². The van der Waals surface area contributed by atoms with E-state index < -0.39 is 5.41 Å². The first-order chi connectivity index (χ1) is 9.35. The molecule has 0 amide bonds. The van der Waals surface area contributed by atoms with E-state index in [0.29, 0.717) is 6.42 Å². The maximum absolute atomic E-state index is 9.58. The molecule has 0 aliphatic carbocycles. The quantitative estimate of drug-likeness (QED) is 0.814. The molecule has 0 fully saturated rings. The van der Waals surface area contributed by atoms with E-state index in [9.17, 15) is 5.26 Å². The monoisotopic (exact) mass is 267 g/mol. The lowest BCUT2D eigenvalue weighted by Crippen LogP contribution is -2.23. The van der Waals surface area contributed by atoms with Crippen molar-refractivity contribution in [2.45, 2.75) is 44.9 Å². The van der Waals surface area contributed by atoms with Crippen molar-refractivity contribution in [2.75, 3.05) is 0 Å². The molecule has 0 saturated heterocycles. The third-order valence-corrected chi connectivity index (χ3v) is 3.74. The maximum atomic E-state index is 9.58. The summed E-state index contributed by atoms with van der Waals surface area (Å²) in [4.78, 5) is 0. The van der Waals surface area contributed by atoms with Crippen molar-refractivity contribution in [1.82, 2.24) is 0 Å². The molecule has 0 aliphatic rings. The van der Waals surface area contributed by atoms with Crippen molar-refractivity contribution in [2.24, 2.45) is 0 Å². The van der Waals surface area contributed by atoms with Gasteiger partial charge in [0, 0.05) is 6.42 Å². The van der Waals surface area contributed by atoms with Crippen molar-refractivity contribution in [3.05, 3.63) is 59.5 Å². The normalized spacial score (nSPS) is 14.6. The maximum Gasteiger partial charge on any atom is 0.105 e. The van der Waals surface area contributed by atoms with Gasteiger partial charge in [-0.3, -0.25) is 0 Å². The fraction of sp³-hybridized carbons (Fsp3) is 0.389. The van der Waals surface area contributed by atoms with Crippen LogP contribution in [0.3, 0.4) is 0 Å². The minimum absolute atomic E-state index is 0.128. The molecule has 1 aromatic heterocycles. The molecule has 2 aromatic rings. The van der Waals surface area contributed by atoms with Crippen LogP contribution in [0.25, 0.3) is 0 Å². The number of benzene rings is 1. The largest absolute Gasteiger partial charge is 0.469 e. The smallest absolute Gasteiger partial charge is 0.105 e. The Bertz CT molecular complexity index is 596. The second-order valence-electron chi connectivity index (χ2n) is 6.53. The molecule has 20 heavy (non-hydrogen) atoms. The highest BCUT2D eigenvalue weighted by atomic mass is 16.3. The second-order valence-corrected chi connectivity index (χ2v) is 6.53. The van der Waals surface area contributed by atoms with Crippen LogP contribution < -0.4 is 0 Å². The highest BCUT2D eigenvalue weighted by Gasteiger charge is 2.28. The van der Waals surface area contributed by atoms with Crippen LogP contribution in [-0.4, -0.2) is 0 Å². The summed E-state index contributed by atoms with van der Waals surface area (Å²) in [6, 6.07) is 14.6. The minimum atomic E-state index is -0.561. The molecule has 1 heterocycles. The average molecular weight is 267 g/mol. The summed E-state index contributed by atoms with van der Waals surface area (Å²) < 4.78 is 5.38. The Morgan fingerprint density at radius 2 is 1.60 bits per heavy atom. The van der Waals surface area contributed by atoms with Crippen molar-refractivity contribution in [1.29, 1.82) is 5.26 Å². The van der Waals surface area contributed by atoms with Gasteiger partial charge in [0.05, 0.1) is 17.7 Å². The molecule has 0 spiro atoms. The van der Waals surface area contributed by atoms with E-state index in [4.69, 9.17) is 4.42 Å². The highest BCUT2D eigenvalue weighted by Crippen LogP contribution is 2.30. The van der Waals surface area contributed by atoms with E-state index >= 15 is 0 Å². The number of nitrogens with zero attached hydrogens (tertiary/aromatic N) is 1. The molecule has 2 heteroatoms. The van der Waals surface area contributed by atoms with Gasteiger partial charge in [-0.1, -0.05) is 45.0 Å². The number of nitriles is 1. The zero-order valence-corrected chi connectivity index (χ0v) is 12.6. The van der Waals surface area contributed by atoms with Gasteiger partial charge in [0.25, 0.3) is 0 Å². The fourth-order valence-electron chi connectivity index (χ4n) is 2.31. The van der Waals surface area contributed by atoms with E-state index in [-0.39, 0.29) is 5.41 Å². The van der Waals surface area contributed by atoms with Crippen molar-refractivity contribution in [3.63, 3.8) is 0 Å². The van der Waals surface area contributed by atoms with Crippen molar-refractivity contribution >= 4 is 0 Å². The lowest BCUT2D eigenvalue weighted by Gasteiger charge is -2.24. The fourth-order valence-corrected chi connectivity index (χ4v) is 2.31. The van der Waals surface area contributed by atoms with Crippen molar-refractivity contribution < 1.29 is 4.42 Å². The first-order valence-electron chi connectivity index (χ1n) is 6.90. The highest BCUT2D eigenvalue weighted by molar-refractivity contribution is 5.37. The van der Waals surface area contributed by atoms with Crippen molar-refractivity contribution in [3.8, 4) is 6.07 Å². The zero-order chi connectivity index (χ0) is 14.8. The molecule has 0 radical (unpaired) electrons.